The molecule has 2 heteroatoms. The molecule has 0 aromatic heterocycles. The fourth-order valence-electron chi connectivity index (χ4n) is 2.19. The van der Waals surface area contributed by atoms with Crippen LogP contribution in [0.1, 0.15) is 53.2 Å². The van der Waals surface area contributed by atoms with E-state index in [0.29, 0.717) is 22.1 Å². The lowest BCUT2D eigenvalue weighted by Gasteiger charge is -2.10. The van der Waals surface area contributed by atoms with E-state index in [9.17, 15) is 4.79 Å². The number of aryl methyl sites for hydroxylation is 1. The van der Waals surface area contributed by atoms with Crippen LogP contribution in [0.5, 0.6) is 0 Å². The summed E-state index contributed by atoms with van der Waals surface area (Å²) in [6, 6.07) is 13.3. The summed E-state index contributed by atoms with van der Waals surface area (Å²) < 4.78 is 0. The van der Waals surface area contributed by atoms with Crippen LogP contribution in [-0.2, 0) is 0 Å². The molecule has 1 atom stereocenters. The van der Waals surface area contributed by atoms with Gasteiger partial charge in [-0.25, -0.2) is 0 Å². The van der Waals surface area contributed by atoms with E-state index < -0.39 is 0 Å². The minimum absolute atomic E-state index is 0.0284. The summed E-state index contributed by atoms with van der Waals surface area (Å²) in [5, 5.41) is 0.593. The molecule has 0 heterocycles. The zero-order valence-corrected chi connectivity index (χ0v) is 12.9. The van der Waals surface area contributed by atoms with Gasteiger partial charge < -0.3 is 0 Å². The molecule has 1 nitrogen and oxygen atoms in total. The number of halogens is 1. The van der Waals surface area contributed by atoms with E-state index in [4.69, 9.17) is 11.6 Å². The molecule has 0 radical (unpaired) electrons. The maximum Gasteiger partial charge on any atom is 0.193 e. The molecule has 0 amide bonds. The van der Waals surface area contributed by atoms with E-state index in [0.717, 1.165) is 12.0 Å². The van der Waals surface area contributed by atoms with E-state index >= 15 is 0 Å². The predicted molar refractivity (Wildman–Crippen MR) is 84.8 cm³/mol. The second-order valence-electron chi connectivity index (χ2n) is 5.22. The number of carbonyl (C=O) groups is 1. The molecule has 2 rings (SSSR count). The molecule has 0 N–H and O–H groups in total. The van der Waals surface area contributed by atoms with Crippen LogP contribution in [0.15, 0.2) is 42.5 Å². The average molecular weight is 287 g/mol. The Morgan fingerprint density at radius 2 is 1.80 bits per heavy atom. The van der Waals surface area contributed by atoms with Crippen LogP contribution in [-0.4, -0.2) is 5.78 Å². The van der Waals surface area contributed by atoms with Crippen LogP contribution in [0.3, 0.4) is 0 Å². The first-order valence-electron chi connectivity index (χ1n) is 6.93. The zero-order chi connectivity index (χ0) is 14.7. The predicted octanol–water partition coefficient (Wildman–Crippen LogP) is 5.39. The Kier molecular flexibility index (Phi) is 4.61. The molecule has 2 aromatic carbocycles. The summed E-state index contributed by atoms with van der Waals surface area (Å²) >= 11 is 5.98. The summed E-state index contributed by atoms with van der Waals surface area (Å²) in [6.45, 7) is 6.29. The van der Waals surface area contributed by atoms with Crippen molar-refractivity contribution in [1.82, 2.24) is 0 Å². The van der Waals surface area contributed by atoms with Crippen LogP contribution in [0, 0.1) is 6.92 Å². The summed E-state index contributed by atoms with van der Waals surface area (Å²) in [4.78, 5) is 12.5. The van der Waals surface area contributed by atoms with Crippen LogP contribution < -0.4 is 0 Å². The van der Waals surface area contributed by atoms with Gasteiger partial charge in [-0.1, -0.05) is 55.8 Å². The minimum atomic E-state index is 0.0284. The Hall–Kier alpha value is -1.60. The smallest absolute Gasteiger partial charge is 0.193 e. The van der Waals surface area contributed by atoms with Gasteiger partial charge in [0.2, 0.25) is 0 Å². The Labute approximate surface area is 125 Å². The van der Waals surface area contributed by atoms with Gasteiger partial charge in [-0.15, -0.1) is 0 Å². The van der Waals surface area contributed by atoms with Crippen molar-refractivity contribution in [3.05, 3.63) is 69.7 Å². The van der Waals surface area contributed by atoms with Gasteiger partial charge in [-0.2, -0.15) is 0 Å². The van der Waals surface area contributed by atoms with E-state index in [1.807, 2.05) is 37.3 Å². The molecular formula is C18H19ClO. The van der Waals surface area contributed by atoms with E-state index in [1.165, 1.54) is 5.56 Å². The fourth-order valence-corrected chi connectivity index (χ4v) is 2.37. The van der Waals surface area contributed by atoms with Gasteiger partial charge in [0.15, 0.2) is 5.78 Å². The van der Waals surface area contributed by atoms with Crippen molar-refractivity contribution >= 4 is 17.4 Å². The number of rotatable bonds is 4. The molecule has 0 saturated carbocycles. The van der Waals surface area contributed by atoms with Crippen LogP contribution in [0.25, 0.3) is 0 Å². The Morgan fingerprint density at radius 3 is 2.40 bits per heavy atom. The van der Waals surface area contributed by atoms with Crippen molar-refractivity contribution in [2.24, 2.45) is 0 Å². The van der Waals surface area contributed by atoms with Gasteiger partial charge in [0, 0.05) is 16.1 Å². The lowest BCUT2D eigenvalue weighted by Crippen LogP contribution is -2.04. The van der Waals surface area contributed by atoms with Crippen molar-refractivity contribution in [3.63, 3.8) is 0 Å². The third-order valence-electron chi connectivity index (χ3n) is 3.80. The van der Waals surface area contributed by atoms with Gasteiger partial charge in [0.05, 0.1) is 0 Å². The highest BCUT2D eigenvalue weighted by Crippen LogP contribution is 2.22. The Morgan fingerprint density at radius 1 is 1.15 bits per heavy atom. The fraction of sp³-hybridized carbons (Fsp3) is 0.278. The average Bonchev–Trinajstić information content (AvgIpc) is 2.48. The number of benzene rings is 2. The Bertz CT molecular complexity index is 614. The van der Waals surface area contributed by atoms with Crippen LogP contribution in [0.2, 0.25) is 5.02 Å². The molecule has 2 aromatic rings. The van der Waals surface area contributed by atoms with Crippen molar-refractivity contribution in [2.75, 3.05) is 0 Å². The minimum Gasteiger partial charge on any atom is -0.289 e. The van der Waals surface area contributed by atoms with Gasteiger partial charge in [-0.3, -0.25) is 4.79 Å². The molecule has 0 saturated heterocycles. The quantitative estimate of drug-likeness (QED) is 0.688. The third kappa shape index (κ3) is 3.10. The zero-order valence-electron chi connectivity index (χ0n) is 12.1. The second kappa shape index (κ2) is 6.23. The van der Waals surface area contributed by atoms with Crippen LogP contribution >= 0.6 is 11.6 Å². The molecule has 0 aliphatic heterocycles. The SMILES string of the molecule is CCC(C)c1ccc(C(=O)c2cc(Cl)ccc2C)cc1. The van der Waals surface area contributed by atoms with E-state index in [1.54, 1.807) is 12.1 Å². The highest BCUT2D eigenvalue weighted by Gasteiger charge is 2.13. The van der Waals surface area contributed by atoms with Crippen LogP contribution in [0.4, 0.5) is 0 Å². The normalized spacial score (nSPS) is 12.2. The van der Waals surface area contributed by atoms with E-state index in [-0.39, 0.29) is 5.78 Å². The van der Waals surface area contributed by atoms with Crippen molar-refractivity contribution in [2.45, 2.75) is 33.1 Å². The number of carbonyl (C=O) groups excluding carboxylic acids is 1. The van der Waals surface area contributed by atoms with Crippen molar-refractivity contribution < 1.29 is 4.79 Å². The summed E-state index contributed by atoms with van der Waals surface area (Å²) in [6.07, 6.45) is 1.10. The molecule has 0 aliphatic carbocycles. The molecule has 0 aliphatic rings. The van der Waals surface area contributed by atoms with Gasteiger partial charge in [0.25, 0.3) is 0 Å². The topological polar surface area (TPSA) is 17.1 Å². The van der Waals surface area contributed by atoms with Gasteiger partial charge in [0.1, 0.15) is 0 Å². The monoisotopic (exact) mass is 286 g/mol. The number of ketones is 1. The maximum atomic E-state index is 12.5. The molecule has 0 spiro atoms. The molecule has 104 valence electrons. The van der Waals surface area contributed by atoms with Crippen molar-refractivity contribution in [1.29, 1.82) is 0 Å². The standard InChI is InChI=1S/C18H19ClO/c1-4-12(2)14-6-8-15(9-7-14)18(20)17-11-16(19)10-5-13(17)3/h5-12H,4H2,1-3H3. The maximum absolute atomic E-state index is 12.5. The number of hydrogen-bond donors (Lipinski definition) is 0. The van der Waals surface area contributed by atoms with Crippen molar-refractivity contribution in [3.8, 4) is 0 Å². The molecule has 0 bridgehead atoms. The first kappa shape index (κ1) is 14.8. The summed E-state index contributed by atoms with van der Waals surface area (Å²) in [7, 11) is 0. The summed E-state index contributed by atoms with van der Waals surface area (Å²) in [5.74, 6) is 0.549. The molecule has 0 fully saturated rings. The first-order valence-corrected chi connectivity index (χ1v) is 7.31. The summed E-state index contributed by atoms with van der Waals surface area (Å²) in [5.41, 5.74) is 3.61. The highest BCUT2D eigenvalue weighted by molar-refractivity contribution is 6.31. The first-order chi connectivity index (χ1) is 9.52. The number of hydrogen-bond acceptors (Lipinski definition) is 1. The molecule has 20 heavy (non-hydrogen) atoms. The Balaban J connectivity index is 2.32. The molecular weight excluding hydrogens is 268 g/mol. The van der Waals surface area contributed by atoms with Gasteiger partial charge in [-0.05, 0) is 42.5 Å². The van der Waals surface area contributed by atoms with E-state index in [2.05, 4.69) is 13.8 Å². The lowest BCUT2D eigenvalue weighted by atomic mass is 9.94. The largest absolute Gasteiger partial charge is 0.289 e. The van der Waals surface area contributed by atoms with Gasteiger partial charge >= 0.3 is 0 Å². The molecule has 1 unspecified atom stereocenters. The second-order valence-corrected chi connectivity index (χ2v) is 5.66. The lowest BCUT2D eigenvalue weighted by molar-refractivity contribution is 0.103. The highest BCUT2D eigenvalue weighted by atomic mass is 35.5. The third-order valence-corrected chi connectivity index (χ3v) is 4.03.